The van der Waals surface area contributed by atoms with Crippen LogP contribution in [0.25, 0.3) is 0 Å². The van der Waals surface area contributed by atoms with E-state index in [2.05, 4.69) is 60.7 Å². The molecule has 2 fully saturated rings. The summed E-state index contributed by atoms with van der Waals surface area (Å²) in [5.74, 6) is 0.384. The molecule has 0 bridgehead atoms. The van der Waals surface area contributed by atoms with Crippen molar-refractivity contribution in [2.75, 3.05) is 25.0 Å². The molecule has 1 aromatic rings. The van der Waals surface area contributed by atoms with Crippen molar-refractivity contribution in [1.29, 1.82) is 0 Å². The lowest BCUT2D eigenvalue weighted by molar-refractivity contribution is 0.128. The highest BCUT2D eigenvalue weighted by Crippen LogP contribution is 2.33. The van der Waals surface area contributed by atoms with Crippen molar-refractivity contribution in [3.8, 4) is 0 Å². The van der Waals surface area contributed by atoms with Gasteiger partial charge in [-0.25, -0.2) is 4.79 Å². The Labute approximate surface area is 182 Å². The Morgan fingerprint density at radius 2 is 1.87 bits per heavy atom. The molecule has 0 aromatic heterocycles. The van der Waals surface area contributed by atoms with Crippen molar-refractivity contribution in [2.45, 2.75) is 64.5 Å². The number of allylic oxidation sites excluding steroid dienone is 3. The largest absolute Gasteiger partial charge is 0.322 e. The number of carbonyl (C=O) groups is 1. The molecule has 0 atom stereocenters. The Kier molecular flexibility index (Phi) is 7.92. The maximum atomic E-state index is 13.3. The lowest BCUT2D eigenvalue weighted by atomic mass is 10.0. The quantitative estimate of drug-likeness (QED) is 0.540. The van der Waals surface area contributed by atoms with Crippen molar-refractivity contribution < 1.29 is 4.79 Å². The van der Waals surface area contributed by atoms with E-state index in [0.717, 1.165) is 51.0 Å². The van der Waals surface area contributed by atoms with E-state index in [4.69, 9.17) is 0 Å². The topological polar surface area (TPSA) is 35.6 Å². The molecular formula is C26H37N3O. The van der Waals surface area contributed by atoms with E-state index in [0.29, 0.717) is 18.0 Å². The molecule has 1 aliphatic carbocycles. The standard InChI is InChI=1S/C26H37N3O/c1-5-7-10-21(6-2)19-28-17-15-23(16-18-28)29(22-13-14-22)26(30)27-25-12-9-8-11-24(25)20(3)4/h5-12,20,22-23H,1,13-19H2,2-4H3,(H,27,30)/b10-7-,21-6+. The number of rotatable bonds is 8. The minimum absolute atomic E-state index is 0.0760. The lowest BCUT2D eigenvalue weighted by Crippen LogP contribution is -2.50. The lowest BCUT2D eigenvalue weighted by Gasteiger charge is -2.39. The number of likely N-dealkylation sites (tertiary alicyclic amines) is 1. The number of nitrogens with one attached hydrogen (secondary N) is 1. The maximum absolute atomic E-state index is 13.3. The molecule has 3 rings (SSSR count). The van der Waals surface area contributed by atoms with Crippen LogP contribution < -0.4 is 5.32 Å². The predicted molar refractivity (Wildman–Crippen MR) is 127 cm³/mol. The van der Waals surface area contributed by atoms with Crippen LogP contribution in [0, 0.1) is 0 Å². The van der Waals surface area contributed by atoms with Gasteiger partial charge >= 0.3 is 6.03 Å². The van der Waals surface area contributed by atoms with Gasteiger partial charge in [-0.05, 0) is 55.7 Å². The van der Waals surface area contributed by atoms with E-state index in [1.807, 2.05) is 30.4 Å². The van der Waals surface area contributed by atoms with Gasteiger partial charge in [0.2, 0.25) is 0 Å². The zero-order chi connectivity index (χ0) is 21.5. The molecule has 0 spiro atoms. The molecule has 1 aliphatic heterocycles. The molecule has 2 aliphatic rings. The maximum Gasteiger partial charge on any atom is 0.322 e. The molecular weight excluding hydrogens is 370 g/mol. The fourth-order valence-electron chi connectivity index (χ4n) is 4.32. The number of nitrogens with zero attached hydrogens (tertiary/aromatic N) is 2. The summed E-state index contributed by atoms with van der Waals surface area (Å²) in [7, 11) is 0. The zero-order valence-corrected chi connectivity index (χ0v) is 18.8. The number of carbonyl (C=O) groups excluding carboxylic acids is 1. The first kappa shape index (κ1) is 22.4. The minimum atomic E-state index is 0.0760. The zero-order valence-electron chi connectivity index (χ0n) is 18.8. The highest BCUT2D eigenvalue weighted by molar-refractivity contribution is 5.91. The van der Waals surface area contributed by atoms with Crippen LogP contribution in [0.1, 0.15) is 57.9 Å². The SMILES string of the molecule is C=C/C=C\C(=C/C)CN1CCC(N(C(=O)Nc2ccccc2C(C)C)C2CC2)CC1. The van der Waals surface area contributed by atoms with E-state index in [1.165, 1.54) is 11.1 Å². The van der Waals surface area contributed by atoms with Gasteiger partial charge in [0, 0.05) is 37.4 Å². The van der Waals surface area contributed by atoms with Crippen LogP contribution in [0.15, 0.2) is 60.7 Å². The first-order valence-electron chi connectivity index (χ1n) is 11.4. The van der Waals surface area contributed by atoms with Gasteiger partial charge in [0.05, 0.1) is 0 Å². The second-order valence-corrected chi connectivity index (χ2v) is 8.78. The van der Waals surface area contributed by atoms with Gasteiger partial charge in [-0.1, -0.05) is 62.9 Å². The molecule has 162 valence electrons. The molecule has 1 saturated heterocycles. The van der Waals surface area contributed by atoms with Crippen LogP contribution >= 0.6 is 0 Å². The third kappa shape index (κ3) is 5.85. The summed E-state index contributed by atoms with van der Waals surface area (Å²) in [6.07, 6.45) is 12.5. The van der Waals surface area contributed by atoms with Crippen molar-refractivity contribution in [3.05, 3.63) is 66.3 Å². The normalized spacial score (nSPS) is 18.7. The van der Waals surface area contributed by atoms with E-state index in [9.17, 15) is 4.79 Å². The van der Waals surface area contributed by atoms with Gasteiger partial charge in [-0.15, -0.1) is 0 Å². The molecule has 2 amide bonds. The molecule has 4 nitrogen and oxygen atoms in total. The number of amides is 2. The first-order valence-corrected chi connectivity index (χ1v) is 11.4. The van der Waals surface area contributed by atoms with Crippen LogP contribution in [-0.4, -0.2) is 47.5 Å². The fraction of sp³-hybridized carbons (Fsp3) is 0.500. The van der Waals surface area contributed by atoms with Gasteiger partial charge < -0.3 is 10.2 Å². The van der Waals surface area contributed by atoms with Crippen molar-refractivity contribution in [1.82, 2.24) is 9.80 Å². The molecule has 1 saturated carbocycles. The van der Waals surface area contributed by atoms with Gasteiger partial charge in [-0.2, -0.15) is 0 Å². The third-order valence-electron chi connectivity index (χ3n) is 6.17. The molecule has 0 unspecified atom stereocenters. The summed E-state index contributed by atoms with van der Waals surface area (Å²) >= 11 is 0. The first-order chi connectivity index (χ1) is 14.5. The summed E-state index contributed by atoms with van der Waals surface area (Å²) in [6, 6.07) is 9.00. The minimum Gasteiger partial charge on any atom is -0.318 e. The van der Waals surface area contributed by atoms with Crippen LogP contribution in [0.2, 0.25) is 0 Å². The summed E-state index contributed by atoms with van der Waals surface area (Å²) in [5.41, 5.74) is 3.46. The van der Waals surface area contributed by atoms with Gasteiger partial charge in [0.25, 0.3) is 0 Å². The number of hydrogen-bond acceptors (Lipinski definition) is 2. The summed E-state index contributed by atoms with van der Waals surface area (Å²) < 4.78 is 0. The van der Waals surface area contributed by atoms with Crippen LogP contribution in [0.4, 0.5) is 10.5 Å². The molecule has 30 heavy (non-hydrogen) atoms. The Hall–Kier alpha value is -2.33. The Morgan fingerprint density at radius 3 is 2.47 bits per heavy atom. The summed E-state index contributed by atoms with van der Waals surface area (Å²) in [5, 5.41) is 3.23. The van der Waals surface area contributed by atoms with Crippen LogP contribution in [-0.2, 0) is 0 Å². The highest BCUT2D eigenvalue weighted by Gasteiger charge is 2.38. The third-order valence-corrected chi connectivity index (χ3v) is 6.17. The number of piperidine rings is 1. The average molecular weight is 408 g/mol. The van der Waals surface area contributed by atoms with Gasteiger partial charge in [-0.3, -0.25) is 4.90 Å². The molecule has 0 radical (unpaired) electrons. The highest BCUT2D eigenvalue weighted by atomic mass is 16.2. The Balaban J connectivity index is 1.61. The molecule has 4 heteroatoms. The summed E-state index contributed by atoms with van der Waals surface area (Å²) in [6.45, 7) is 13.2. The predicted octanol–water partition coefficient (Wildman–Crippen LogP) is 5.96. The van der Waals surface area contributed by atoms with E-state index >= 15 is 0 Å². The van der Waals surface area contributed by atoms with E-state index in [1.54, 1.807) is 0 Å². The van der Waals surface area contributed by atoms with Crippen LogP contribution in [0.5, 0.6) is 0 Å². The Morgan fingerprint density at radius 1 is 1.20 bits per heavy atom. The number of para-hydroxylation sites is 1. The number of anilines is 1. The number of hydrogen-bond donors (Lipinski definition) is 1. The van der Waals surface area contributed by atoms with Crippen molar-refractivity contribution in [3.63, 3.8) is 0 Å². The fourth-order valence-corrected chi connectivity index (χ4v) is 4.32. The second kappa shape index (κ2) is 10.6. The number of urea groups is 1. The second-order valence-electron chi connectivity index (χ2n) is 8.78. The van der Waals surface area contributed by atoms with Crippen molar-refractivity contribution >= 4 is 11.7 Å². The Bertz CT molecular complexity index is 783. The molecule has 1 heterocycles. The summed E-state index contributed by atoms with van der Waals surface area (Å²) in [4.78, 5) is 17.9. The monoisotopic (exact) mass is 407 g/mol. The van der Waals surface area contributed by atoms with Crippen molar-refractivity contribution in [2.24, 2.45) is 0 Å². The van der Waals surface area contributed by atoms with Gasteiger partial charge in [0.15, 0.2) is 0 Å². The molecule has 1 N–H and O–H groups in total. The molecule has 1 aromatic carbocycles. The van der Waals surface area contributed by atoms with E-state index < -0.39 is 0 Å². The van der Waals surface area contributed by atoms with Gasteiger partial charge in [0.1, 0.15) is 0 Å². The van der Waals surface area contributed by atoms with Crippen LogP contribution in [0.3, 0.4) is 0 Å². The van der Waals surface area contributed by atoms with E-state index in [-0.39, 0.29) is 6.03 Å². The number of benzene rings is 1. The smallest absolute Gasteiger partial charge is 0.318 e. The average Bonchev–Trinajstić information content (AvgIpc) is 3.57.